The lowest BCUT2D eigenvalue weighted by Gasteiger charge is -2.43. The quantitative estimate of drug-likeness (QED) is 0.805. The van der Waals surface area contributed by atoms with Crippen molar-refractivity contribution < 1.29 is 4.74 Å². The molecule has 0 amide bonds. The van der Waals surface area contributed by atoms with Crippen molar-refractivity contribution >= 4 is 27.3 Å². The summed E-state index contributed by atoms with van der Waals surface area (Å²) in [6.45, 7) is 7.51. The molecule has 0 bridgehead atoms. The molecule has 1 aromatic heterocycles. The number of aliphatic imine (C=N–C) groups is 1. The number of methoxy groups -OCH3 is 1. The second-order valence-electron chi connectivity index (χ2n) is 8.26. The first kappa shape index (κ1) is 18.1. The molecule has 2 aliphatic heterocycles. The molecule has 4 nitrogen and oxygen atoms in total. The highest BCUT2D eigenvalue weighted by molar-refractivity contribution is 7.18. The number of rotatable bonds is 3. The normalized spacial score (nSPS) is 30.5. The van der Waals surface area contributed by atoms with Crippen LogP contribution in [0.5, 0.6) is 0 Å². The molecule has 0 saturated carbocycles. The number of piperidine rings is 1. The van der Waals surface area contributed by atoms with Gasteiger partial charge in [-0.15, -0.1) is 11.3 Å². The maximum absolute atomic E-state index is 5.95. The Hall–Kier alpha value is -1.30. The maximum Gasteiger partial charge on any atom is 0.0999 e. The second-order valence-corrected chi connectivity index (χ2v) is 9.32. The van der Waals surface area contributed by atoms with Gasteiger partial charge in [-0.05, 0) is 63.4 Å². The van der Waals surface area contributed by atoms with E-state index in [0.29, 0.717) is 11.8 Å². The molecule has 3 heterocycles. The third-order valence-corrected chi connectivity index (χ3v) is 7.24. The van der Waals surface area contributed by atoms with E-state index in [9.17, 15) is 0 Å². The van der Waals surface area contributed by atoms with Gasteiger partial charge >= 0.3 is 0 Å². The molecule has 0 aliphatic carbocycles. The van der Waals surface area contributed by atoms with Crippen LogP contribution in [0.3, 0.4) is 0 Å². The standard InChI is InChI=1S/C21H29N3OS/c1-14-5-7-17(22-12-14)15-6-8-19-18(11-15)23-20(26-19)16-9-10-24(3)13-21(16,2)25-4/h6,8,11,14,16H,5,7,9-10,12-13H2,1-4H3/t14-,16-,21-/m0/s1. The molecule has 140 valence electrons. The van der Waals surface area contributed by atoms with Gasteiger partial charge in [0.2, 0.25) is 0 Å². The van der Waals surface area contributed by atoms with Crippen molar-refractivity contribution in [3.05, 3.63) is 28.8 Å². The molecule has 1 saturated heterocycles. The Balaban J connectivity index is 1.65. The molecule has 4 rings (SSSR count). The fraction of sp³-hybridized carbons (Fsp3) is 0.619. The van der Waals surface area contributed by atoms with Gasteiger partial charge in [0.1, 0.15) is 0 Å². The Morgan fingerprint density at radius 2 is 2.15 bits per heavy atom. The number of benzene rings is 1. The minimum Gasteiger partial charge on any atom is -0.376 e. The van der Waals surface area contributed by atoms with E-state index in [1.165, 1.54) is 27.4 Å². The Bertz CT molecular complexity index is 830. The number of likely N-dealkylation sites (N-methyl/N-ethyl adjacent to an activating group) is 1. The molecule has 2 aliphatic rings. The topological polar surface area (TPSA) is 37.7 Å². The zero-order valence-corrected chi connectivity index (χ0v) is 17.1. The average Bonchev–Trinajstić information content (AvgIpc) is 3.05. The van der Waals surface area contributed by atoms with Crippen molar-refractivity contribution in [2.24, 2.45) is 10.9 Å². The zero-order valence-electron chi connectivity index (χ0n) is 16.3. The van der Waals surface area contributed by atoms with Crippen LogP contribution in [0.4, 0.5) is 0 Å². The lowest BCUT2D eigenvalue weighted by atomic mass is 9.83. The predicted octanol–water partition coefficient (Wildman–Crippen LogP) is 4.34. The van der Waals surface area contributed by atoms with Gasteiger partial charge in [-0.25, -0.2) is 4.98 Å². The first-order valence-electron chi connectivity index (χ1n) is 9.66. The van der Waals surface area contributed by atoms with Crippen LogP contribution in [-0.4, -0.2) is 55.0 Å². The van der Waals surface area contributed by atoms with Crippen molar-refractivity contribution in [3.63, 3.8) is 0 Å². The minimum atomic E-state index is -0.173. The van der Waals surface area contributed by atoms with E-state index in [1.54, 1.807) is 0 Å². The highest BCUT2D eigenvalue weighted by Gasteiger charge is 2.41. The number of thiazole rings is 1. The maximum atomic E-state index is 5.95. The highest BCUT2D eigenvalue weighted by atomic mass is 32.1. The number of aromatic nitrogens is 1. The number of hydrogen-bond donors (Lipinski definition) is 0. The number of likely N-dealkylation sites (tertiary alicyclic amines) is 1. The third-order valence-electron chi connectivity index (χ3n) is 6.09. The van der Waals surface area contributed by atoms with Gasteiger partial charge in [-0.2, -0.15) is 0 Å². The van der Waals surface area contributed by atoms with Gasteiger partial charge in [0.05, 0.1) is 20.8 Å². The second kappa shape index (κ2) is 7.02. The van der Waals surface area contributed by atoms with E-state index < -0.39 is 0 Å². The van der Waals surface area contributed by atoms with Gasteiger partial charge in [0, 0.05) is 31.8 Å². The Kier molecular flexibility index (Phi) is 4.88. The highest BCUT2D eigenvalue weighted by Crippen LogP contribution is 2.41. The smallest absolute Gasteiger partial charge is 0.0999 e. The number of nitrogens with zero attached hydrogens (tertiary/aromatic N) is 3. The van der Waals surface area contributed by atoms with Crippen LogP contribution < -0.4 is 0 Å². The van der Waals surface area contributed by atoms with Crippen molar-refractivity contribution in [2.45, 2.75) is 44.6 Å². The number of fused-ring (bicyclic) bond motifs is 1. The lowest BCUT2D eigenvalue weighted by molar-refractivity contribution is -0.0614. The van der Waals surface area contributed by atoms with Gasteiger partial charge in [0.15, 0.2) is 0 Å². The van der Waals surface area contributed by atoms with Crippen molar-refractivity contribution in [1.29, 1.82) is 0 Å². The van der Waals surface area contributed by atoms with Gasteiger partial charge in [-0.1, -0.05) is 13.0 Å². The van der Waals surface area contributed by atoms with E-state index in [4.69, 9.17) is 14.7 Å². The average molecular weight is 372 g/mol. The number of ether oxygens (including phenoxy) is 1. The van der Waals surface area contributed by atoms with Crippen LogP contribution in [0.1, 0.15) is 49.6 Å². The van der Waals surface area contributed by atoms with Gasteiger partial charge in [-0.3, -0.25) is 4.99 Å². The summed E-state index contributed by atoms with van der Waals surface area (Å²) in [5, 5.41) is 1.22. The van der Waals surface area contributed by atoms with E-state index in [2.05, 4.69) is 44.0 Å². The Morgan fingerprint density at radius 3 is 2.88 bits per heavy atom. The van der Waals surface area contributed by atoms with Crippen LogP contribution in [0, 0.1) is 5.92 Å². The molecule has 0 unspecified atom stereocenters. The summed E-state index contributed by atoms with van der Waals surface area (Å²) in [4.78, 5) is 12.2. The molecule has 0 spiro atoms. The Labute approximate surface area is 160 Å². The fourth-order valence-corrected chi connectivity index (χ4v) is 5.52. The van der Waals surface area contributed by atoms with Crippen LogP contribution >= 0.6 is 11.3 Å². The Morgan fingerprint density at radius 1 is 1.31 bits per heavy atom. The van der Waals surface area contributed by atoms with Crippen LogP contribution in [0.25, 0.3) is 10.2 Å². The van der Waals surface area contributed by atoms with E-state index in [1.807, 2.05) is 18.4 Å². The lowest BCUT2D eigenvalue weighted by Crippen LogP contribution is -2.50. The van der Waals surface area contributed by atoms with Crippen LogP contribution in [0.15, 0.2) is 23.2 Å². The summed E-state index contributed by atoms with van der Waals surface area (Å²) >= 11 is 1.83. The first-order valence-corrected chi connectivity index (χ1v) is 10.5. The molecular weight excluding hydrogens is 342 g/mol. The predicted molar refractivity (Wildman–Crippen MR) is 110 cm³/mol. The van der Waals surface area contributed by atoms with E-state index in [-0.39, 0.29) is 5.60 Å². The van der Waals surface area contributed by atoms with Crippen molar-refractivity contribution in [3.8, 4) is 0 Å². The zero-order chi connectivity index (χ0) is 18.3. The molecule has 1 aromatic carbocycles. The van der Waals surface area contributed by atoms with Gasteiger partial charge < -0.3 is 9.64 Å². The summed E-state index contributed by atoms with van der Waals surface area (Å²) in [6.07, 6.45) is 3.42. The molecule has 26 heavy (non-hydrogen) atoms. The van der Waals surface area contributed by atoms with Gasteiger partial charge in [0.25, 0.3) is 0 Å². The summed E-state index contributed by atoms with van der Waals surface area (Å²) in [7, 11) is 4.00. The first-order chi connectivity index (χ1) is 12.5. The summed E-state index contributed by atoms with van der Waals surface area (Å²) < 4.78 is 7.22. The van der Waals surface area contributed by atoms with E-state index in [0.717, 1.165) is 38.0 Å². The monoisotopic (exact) mass is 371 g/mol. The van der Waals surface area contributed by atoms with Crippen LogP contribution in [0.2, 0.25) is 0 Å². The van der Waals surface area contributed by atoms with Crippen molar-refractivity contribution in [2.75, 3.05) is 33.8 Å². The molecule has 1 fully saturated rings. The number of hydrogen-bond acceptors (Lipinski definition) is 5. The molecular formula is C21H29N3OS. The molecule has 0 radical (unpaired) electrons. The third kappa shape index (κ3) is 3.32. The largest absolute Gasteiger partial charge is 0.376 e. The molecule has 2 aromatic rings. The summed E-state index contributed by atoms with van der Waals surface area (Å²) in [5.74, 6) is 1.07. The van der Waals surface area contributed by atoms with Crippen LogP contribution in [-0.2, 0) is 4.74 Å². The minimum absolute atomic E-state index is 0.173. The molecule has 3 atom stereocenters. The fourth-order valence-electron chi connectivity index (χ4n) is 4.30. The SMILES string of the molecule is CO[C@@]1(C)CN(C)CC[C@H]1c1nc2cc(C3=NC[C@@H](C)CC3)ccc2s1. The molecule has 0 N–H and O–H groups in total. The summed E-state index contributed by atoms with van der Waals surface area (Å²) in [6, 6.07) is 6.69. The van der Waals surface area contributed by atoms with Crippen molar-refractivity contribution in [1.82, 2.24) is 9.88 Å². The molecule has 5 heteroatoms. The van der Waals surface area contributed by atoms with E-state index >= 15 is 0 Å². The summed E-state index contributed by atoms with van der Waals surface area (Å²) in [5.41, 5.74) is 3.44.